The third-order valence-electron chi connectivity index (χ3n) is 3.55. The van der Waals surface area contributed by atoms with Crippen LogP contribution in [0.15, 0.2) is 48.5 Å². The number of hydrogen-bond donors (Lipinski definition) is 1. The summed E-state index contributed by atoms with van der Waals surface area (Å²) in [6.45, 7) is 2.08. The Balaban J connectivity index is 2.20. The van der Waals surface area contributed by atoms with Gasteiger partial charge in [-0.2, -0.15) is 5.10 Å². The van der Waals surface area contributed by atoms with Gasteiger partial charge in [-0.1, -0.05) is 42.0 Å². The smallest absolute Gasteiger partial charge is 0.129 e. The molecule has 0 fully saturated rings. The highest BCUT2D eigenvalue weighted by Gasteiger charge is 2.17. The van der Waals surface area contributed by atoms with Crippen LogP contribution >= 0.6 is 22.6 Å². The van der Waals surface area contributed by atoms with E-state index in [1.807, 2.05) is 7.05 Å². The summed E-state index contributed by atoms with van der Waals surface area (Å²) in [5, 5.41) is 4.60. The third-order valence-corrected chi connectivity index (χ3v) is 4.27. The molecule has 0 saturated heterocycles. The molecule has 0 amide bonds. The van der Waals surface area contributed by atoms with Crippen molar-refractivity contribution < 1.29 is 0 Å². The van der Waals surface area contributed by atoms with Crippen LogP contribution in [0.1, 0.15) is 5.56 Å². The summed E-state index contributed by atoms with van der Waals surface area (Å²) in [5.74, 6) is 0.687. The lowest BCUT2D eigenvalue weighted by Gasteiger charge is -2.05. The van der Waals surface area contributed by atoms with Crippen LogP contribution < -0.4 is 5.73 Å². The monoisotopic (exact) mass is 389 g/mol. The molecule has 0 aliphatic heterocycles. The summed E-state index contributed by atoms with van der Waals surface area (Å²) < 4.78 is 2.94. The number of aromatic nitrogens is 2. The predicted molar refractivity (Wildman–Crippen MR) is 95.9 cm³/mol. The molecule has 0 saturated carbocycles. The molecule has 2 aromatic carbocycles. The summed E-state index contributed by atoms with van der Waals surface area (Å²) in [7, 11) is 1.88. The lowest BCUT2D eigenvalue weighted by Crippen LogP contribution is -1.97. The van der Waals surface area contributed by atoms with E-state index in [0.29, 0.717) is 5.82 Å². The number of hydrogen-bond acceptors (Lipinski definition) is 2. The first-order valence-corrected chi connectivity index (χ1v) is 7.79. The zero-order valence-electron chi connectivity index (χ0n) is 12.0. The molecule has 0 bridgehead atoms. The van der Waals surface area contributed by atoms with Gasteiger partial charge in [0.15, 0.2) is 0 Å². The highest BCUT2D eigenvalue weighted by molar-refractivity contribution is 14.1. The Labute approximate surface area is 137 Å². The van der Waals surface area contributed by atoms with E-state index in [2.05, 4.69) is 83.1 Å². The van der Waals surface area contributed by atoms with E-state index in [9.17, 15) is 0 Å². The number of nitrogens with two attached hydrogens (primary N) is 1. The molecule has 0 radical (unpaired) electrons. The molecule has 21 heavy (non-hydrogen) atoms. The van der Waals surface area contributed by atoms with Crippen LogP contribution in [0.3, 0.4) is 0 Å². The number of halogens is 1. The highest BCUT2D eigenvalue weighted by atomic mass is 127. The van der Waals surface area contributed by atoms with Crippen LogP contribution in [0, 0.1) is 10.5 Å². The van der Waals surface area contributed by atoms with Gasteiger partial charge in [-0.15, -0.1) is 0 Å². The van der Waals surface area contributed by atoms with Gasteiger partial charge in [0.25, 0.3) is 0 Å². The average Bonchev–Trinajstić information content (AvgIpc) is 2.77. The summed E-state index contributed by atoms with van der Waals surface area (Å²) in [6.07, 6.45) is 0. The van der Waals surface area contributed by atoms with Crippen LogP contribution in [0.5, 0.6) is 0 Å². The van der Waals surface area contributed by atoms with Crippen molar-refractivity contribution in [3.8, 4) is 22.4 Å². The van der Waals surface area contributed by atoms with Crippen LogP contribution in [0.2, 0.25) is 0 Å². The molecule has 1 aromatic heterocycles. The van der Waals surface area contributed by atoms with Crippen molar-refractivity contribution in [2.24, 2.45) is 7.05 Å². The molecule has 3 aromatic rings. The zero-order chi connectivity index (χ0) is 15.0. The Morgan fingerprint density at radius 1 is 0.952 bits per heavy atom. The fourth-order valence-electron chi connectivity index (χ4n) is 2.35. The molecule has 1 heterocycles. The number of benzene rings is 2. The van der Waals surface area contributed by atoms with Gasteiger partial charge in [-0.3, -0.25) is 4.68 Å². The maximum absolute atomic E-state index is 6.24. The van der Waals surface area contributed by atoms with E-state index in [-0.39, 0.29) is 0 Å². The zero-order valence-corrected chi connectivity index (χ0v) is 14.1. The fraction of sp³-hybridized carbons (Fsp3) is 0.118. The first kappa shape index (κ1) is 14.1. The van der Waals surface area contributed by atoms with Gasteiger partial charge in [-0.05, 0) is 47.2 Å². The first-order chi connectivity index (χ1) is 10.1. The SMILES string of the molecule is Cc1ccc(-c2c(-c3ccc(I)cc3)nn(C)c2N)cc1. The maximum Gasteiger partial charge on any atom is 0.129 e. The highest BCUT2D eigenvalue weighted by Crippen LogP contribution is 2.36. The van der Waals surface area contributed by atoms with E-state index in [1.165, 1.54) is 9.13 Å². The van der Waals surface area contributed by atoms with Crippen molar-refractivity contribution in [3.63, 3.8) is 0 Å². The minimum Gasteiger partial charge on any atom is -0.383 e. The maximum atomic E-state index is 6.24. The van der Waals surface area contributed by atoms with Crippen LogP contribution in [-0.4, -0.2) is 9.78 Å². The van der Waals surface area contributed by atoms with Crippen molar-refractivity contribution in [3.05, 3.63) is 57.7 Å². The van der Waals surface area contributed by atoms with Crippen molar-refractivity contribution >= 4 is 28.4 Å². The molecule has 3 nitrogen and oxygen atoms in total. The number of rotatable bonds is 2. The van der Waals surface area contributed by atoms with E-state index in [4.69, 9.17) is 5.73 Å². The topological polar surface area (TPSA) is 43.8 Å². The normalized spacial score (nSPS) is 10.8. The molecule has 4 heteroatoms. The Hall–Kier alpha value is -1.82. The summed E-state index contributed by atoms with van der Waals surface area (Å²) in [4.78, 5) is 0. The van der Waals surface area contributed by atoms with Crippen molar-refractivity contribution in [1.82, 2.24) is 9.78 Å². The van der Waals surface area contributed by atoms with Gasteiger partial charge in [0.1, 0.15) is 11.5 Å². The van der Waals surface area contributed by atoms with E-state index in [1.54, 1.807) is 4.68 Å². The molecule has 0 atom stereocenters. The Bertz CT molecular complexity index is 771. The van der Waals surface area contributed by atoms with Crippen LogP contribution in [0.4, 0.5) is 5.82 Å². The molecule has 2 N–H and O–H groups in total. The van der Waals surface area contributed by atoms with E-state index < -0.39 is 0 Å². The summed E-state index contributed by atoms with van der Waals surface area (Å²) >= 11 is 2.30. The second kappa shape index (κ2) is 5.52. The number of nitrogen functional groups attached to an aromatic ring is 1. The molecular formula is C17H16IN3. The number of nitrogens with zero attached hydrogens (tertiary/aromatic N) is 2. The van der Waals surface area contributed by atoms with Crippen molar-refractivity contribution in [2.75, 3.05) is 5.73 Å². The summed E-state index contributed by atoms with van der Waals surface area (Å²) in [5.41, 5.74) is 11.6. The fourth-order valence-corrected chi connectivity index (χ4v) is 2.71. The van der Waals surface area contributed by atoms with E-state index in [0.717, 1.165) is 22.4 Å². The quantitative estimate of drug-likeness (QED) is 0.666. The lowest BCUT2D eigenvalue weighted by molar-refractivity contribution is 0.782. The lowest BCUT2D eigenvalue weighted by atomic mass is 10.00. The summed E-state index contributed by atoms with van der Waals surface area (Å²) in [6, 6.07) is 16.7. The van der Waals surface area contributed by atoms with Crippen molar-refractivity contribution in [1.29, 1.82) is 0 Å². The molecule has 0 unspecified atom stereocenters. The Morgan fingerprint density at radius 2 is 1.52 bits per heavy atom. The Kier molecular flexibility index (Phi) is 3.71. The van der Waals surface area contributed by atoms with E-state index >= 15 is 0 Å². The Morgan fingerprint density at radius 3 is 2.14 bits per heavy atom. The molecule has 0 aliphatic carbocycles. The molecule has 3 rings (SSSR count). The molecule has 0 spiro atoms. The molecule has 106 valence electrons. The van der Waals surface area contributed by atoms with Crippen LogP contribution in [-0.2, 0) is 7.05 Å². The first-order valence-electron chi connectivity index (χ1n) is 6.71. The van der Waals surface area contributed by atoms with Gasteiger partial charge in [0.2, 0.25) is 0 Å². The van der Waals surface area contributed by atoms with Gasteiger partial charge >= 0.3 is 0 Å². The predicted octanol–water partition coefficient (Wildman–Crippen LogP) is 4.25. The average molecular weight is 389 g/mol. The standard InChI is InChI=1S/C17H16IN3/c1-11-3-5-12(6-4-11)15-16(20-21(2)17(15)19)13-7-9-14(18)10-8-13/h3-10H,19H2,1-2H3. The minimum absolute atomic E-state index is 0.687. The van der Waals surface area contributed by atoms with Gasteiger partial charge in [0, 0.05) is 16.2 Å². The van der Waals surface area contributed by atoms with Crippen LogP contribution in [0.25, 0.3) is 22.4 Å². The van der Waals surface area contributed by atoms with Gasteiger partial charge in [-0.25, -0.2) is 0 Å². The minimum atomic E-state index is 0.687. The third kappa shape index (κ3) is 2.68. The largest absolute Gasteiger partial charge is 0.383 e. The second-order valence-electron chi connectivity index (χ2n) is 5.11. The van der Waals surface area contributed by atoms with Gasteiger partial charge < -0.3 is 5.73 Å². The molecular weight excluding hydrogens is 373 g/mol. The second-order valence-corrected chi connectivity index (χ2v) is 6.35. The number of anilines is 1. The van der Waals surface area contributed by atoms with Crippen molar-refractivity contribution in [2.45, 2.75) is 6.92 Å². The van der Waals surface area contributed by atoms with Gasteiger partial charge in [0.05, 0.1) is 5.56 Å². The molecule has 0 aliphatic rings. The number of aryl methyl sites for hydroxylation is 2.